The second-order valence-electron chi connectivity index (χ2n) is 10.0. The molecule has 0 saturated carbocycles. The summed E-state index contributed by atoms with van der Waals surface area (Å²) in [6, 6.07) is 1.49. The summed E-state index contributed by atoms with van der Waals surface area (Å²) in [6.07, 6.45) is 2.12. The zero-order chi connectivity index (χ0) is 25.8. The predicted molar refractivity (Wildman–Crippen MR) is 137 cm³/mol. The van der Waals surface area contributed by atoms with Crippen LogP contribution in [0.15, 0.2) is 23.1 Å². The maximum Gasteiger partial charge on any atom is 0.410 e. The quantitative estimate of drug-likeness (QED) is 0.178. The number of benzene rings is 1. The average molecular weight is 536 g/mol. The van der Waals surface area contributed by atoms with Crippen LogP contribution in [0.1, 0.15) is 59.9 Å². The Morgan fingerprint density at radius 3 is 2.38 bits per heavy atom. The van der Waals surface area contributed by atoms with Gasteiger partial charge >= 0.3 is 6.09 Å². The number of amides is 1. The Balaban J connectivity index is 2.47. The lowest BCUT2D eigenvalue weighted by molar-refractivity contribution is 0.0202. The van der Waals surface area contributed by atoms with Crippen molar-refractivity contribution in [2.45, 2.75) is 64.7 Å². The van der Waals surface area contributed by atoms with Crippen molar-refractivity contribution < 1.29 is 23.2 Å². The van der Waals surface area contributed by atoms with Gasteiger partial charge < -0.3 is 18.9 Å². The molecule has 34 heavy (non-hydrogen) atoms. The number of hydrogen-bond acceptors (Lipinski definition) is 5. The van der Waals surface area contributed by atoms with Crippen LogP contribution in [-0.2, 0) is 16.1 Å². The normalized spacial score (nSPS) is 16.9. The largest absolute Gasteiger partial charge is 0.591 e. The number of ether oxygens (including phenoxy) is 2. The van der Waals surface area contributed by atoms with Crippen LogP contribution < -0.4 is 4.74 Å². The van der Waals surface area contributed by atoms with Crippen LogP contribution in [0.2, 0.25) is 10.0 Å². The first kappa shape index (κ1) is 28.8. The lowest BCUT2D eigenvalue weighted by atomic mass is 9.88. The highest BCUT2D eigenvalue weighted by atomic mass is 35.5. The highest BCUT2D eigenvalue weighted by Gasteiger charge is 2.35. The Kier molecular flexibility index (Phi) is 9.73. The van der Waals surface area contributed by atoms with E-state index in [1.807, 2.05) is 20.8 Å². The Hall–Kier alpha value is -1.48. The maximum atomic E-state index is 15.1. The third kappa shape index (κ3) is 7.51. The van der Waals surface area contributed by atoms with Gasteiger partial charge in [0.05, 0.1) is 10.0 Å². The lowest BCUT2D eigenvalue weighted by Crippen LogP contribution is -2.43. The summed E-state index contributed by atoms with van der Waals surface area (Å²) in [4.78, 5) is 14.1. The van der Waals surface area contributed by atoms with Crippen LogP contribution in [0.5, 0.6) is 5.75 Å². The average Bonchev–Trinajstić information content (AvgIpc) is 2.73. The second-order valence-corrected chi connectivity index (χ2v) is 12.7. The molecule has 190 valence electrons. The molecule has 1 amide bonds. The number of halogens is 3. The van der Waals surface area contributed by atoms with E-state index in [0.717, 1.165) is 0 Å². The number of carbonyl (C=O) groups is 1. The topological polar surface area (TPSA) is 74.2 Å². The molecule has 10 heteroatoms. The fourth-order valence-corrected chi connectivity index (χ4v) is 4.32. The fraction of sp³-hybridized carbons (Fsp3) is 0.583. The zero-order valence-electron chi connectivity index (χ0n) is 20.5. The molecule has 6 nitrogen and oxygen atoms in total. The monoisotopic (exact) mass is 534 g/mol. The number of piperidine rings is 1. The molecule has 1 heterocycles. The van der Waals surface area contributed by atoms with Gasteiger partial charge in [-0.15, -0.1) is 0 Å². The second kappa shape index (κ2) is 11.5. The molecular formula is C24H33Cl2FN2O4S. The number of rotatable bonds is 6. The molecular weight excluding hydrogens is 502 g/mol. The Bertz CT molecular complexity index is 936. The first-order valence-electron chi connectivity index (χ1n) is 11.1. The van der Waals surface area contributed by atoms with Crippen molar-refractivity contribution in [1.29, 1.82) is 0 Å². The van der Waals surface area contributed by atoms with Gasteiger partial charge in [0.1, 0.15) is 34.0 Å². The molecule has 0 spiro atoms. The van der Waals surface area contributed by atoms with Crippen molar-refractivity contribution >= 4 is 46.4 Å². The van der Waals surface area contributed by atoms with Crippen molar-refractivity contribution in [1.82, 2.24) is 4.90 Å². The first-order chi connectivity index (χ1) is 15.7. The molecule has 0 aromatic heterocycles. The summed E-state index contributed by atoms with van der Waals surface area (Å²) in [7, 11) is 0. The van der Waals surface area contributed by atoms with Gasteiger partial charge in [0, 0.05) is 24.6 Å². The van der Waals surface area contributed by atoms with Crippen molar-refractivity contribution in [2.24, 2.45) is 10.3 Å². The van der Waals surface area contributed by atoms with Gasteiger partial charge in [0.25, 0.3) is 0 Å². The van der Waals surface area contributed by atoms with E-state index in [2.05, 4.69) is 11.0 Å². The van der Waals surface area contributed by atoms with Crippen molar-refractivity contribution in [3.8, 4) is 5.75 Å². The summed E-state index contributed by atoms with van der Waals surface area (Å²) < 4.78 is 43.1. The predicted octanol–water partition coefficient (Wildman–Crippen LogP) is 6.60. The third-order valence-corrected chi connectivity index (χ3v) is 7.15. The fourth-order valence-electron chi connectivity index (χ4n) is 3.28. The molecule has 1 aliphatic rings. The van der Waals surface area contributed by atoms with Gasteiger partial charge in [0.2, 0.25) is 0 Å². The number of nitrogens with zero attached hydrogens (tertiary/aromatic N) is 2. The van der Waals surface area contributed by atoms with Crippen molar-refractivity contribution in [3.05, 3.63) is 40.1 Å². The van der Waals surface area contributed by atoms with E-state index in [0.29, 0.717) is 37.2 Å². The molecule has 1 aromatic carbocycles. The van der Waals surface area contributed by atoms with Crippen LogP contribution in [0.3, 0.4) is 0 Å². The Morgan fingerprint density at radius 2 is 1.88 bits per heavy atom. The molecule has 0 N–H and O–H groups in total. The highest BCUT2D eigenvalue weighted by molar-refractivity contribution is 7.91. The van der Waals surface area contributed by atoms with Gasteiger partial charge in [0.15, 0.2) is 11.6 Å². The van der Waals surface area contributed by atoms with E-state index in [1.54, 1.807) is 25.7 Å². The summed E-state index contributed by atoms with van der Waals surface area (Å²) in [5.41, 5.74) is 0.106. The third-order valence-electron chi connectivity index (χ3n) is 4.98. The van der Waals surface area contributed by atoms with E-state index in [9.17, 15) is 9.35 Å². The molecule has 1 fully saturated rings. The van der Waals surface area contributed by atoms with Crippen molar-refractivity contribution in [3.63, 3.8) is 0 Å². The highest BCUT2D eigenvalue weighted by Crippen LogP contribution is 2.38. The van der Waals surface area contributed by atoms with Crippen LogP contribution in [-0.4, -0.2) is 51.3 Å². The van der Waals surface area contributed by atoms with Crippen LogP contribution >= 0.6 is 23.2 Å². The summed E-state index contributed by atoms with van der Waals surface area (Å²) in [5, 5.41) is -0.263. The molecule has 2 rings (SSSR count). The van der Waals surface area contributed by atoms with E-state index in [1.165, 1.54) is 12.1 Å². The molecule has 0 aliphatic carbocycles. The summed E-state index contributed by atoms with van der Waals surface area (Å²) in [5.74, 6) is -1.15. The zero-order valence-corrected chi connectivity index (χ0v) is 22.9. The SMILES string of the molecule is C=CCOc1c(/C(=N/[S+]([O-])C(C)(C)C)C2CCN(C(=O)OC(C)(C)C)CC2)cc(Cl)c(Cl)c1F. The minimum Gasteiger partial charge on any atom is -0.591 e. The van der Waals surface area contributed by atoms with Crippen LogP contribution in [0, 0.1) is 11.7 Å². The molecule has 1 aromatic rings. The summed E-state index contributed by atoms with van der Waals surface area (Å²) in [6.45, 7) is 15.3. The van der Waals surface area contributed by atoms with Crippen LogP contribution in [0.25, 0.3) is 0 Å². The first-order valence-corrected chi connectivity index (χ1v) is 12.9. The molecule has 1 unspecified atom stereocenters. The lowest BCUT2D eigenvalue weighted by Gasteiger charge is -2.34. The van der Waals surface area contributed by atoms with E-state index in [-0.39, 0.29) is 28.3 Å². The van der Waals surface area contributed by atoms with Gasteiger partial charge in [-0.2, -0.15) is 0 Å². The molecule has 1 saturated heterocycles. The smallest absolute Gasteiger partial charge is 0.410 e. The van der Waals surface area contributed by atoms with Gasteiger partial charge in [-0.3, -0.25) is 0 Å². The molecule has 1 atom stereocenters. The Morgan fingerprint density at radius 1 is 1.29 bits per heavy atom. The molecule has 0 radical (unpaired) electrons. The molecule has 1 aliphatic heterocycles. The number of hydrogen-bond donors (Lipinski definition) is 0. The minimum absolute atomic E-state index is 0.000511. The number of carbonyl (C=O) groups excluding carboxylic acids is 1. The van der Waals surface area contributed by atoms with Gasteiger partial charge in [-0.05, 0) is 60.5 Å². The van der Waals surface area contributed by atoms with Crippen LogP contribution in [0.4, 0.5) is 9.18 Å². The standard InChI is InChI=1S/C24H33Cl2FN2O4S/c1-8-13-32-21-16(14-17(25)18(26)19(21)27)20(28-34(31)24(5,6)7)15-9-11-29(12-10-15)22(30)33-23(2,3)4/h8,14-15H,1,9-13H2,2-7H3/b28-20+. The summed E-state index contributed by atoms with van der Waals surface area (Å²) >= 11 is 10.6. The van der Waals surface area contributed by atoms with Crippen molar-refractivity contribution in [2.75, 3.05) is 19.7 Å². The molecule has 0 bridgehead atoms. The van der Waals surface area contributed by atoms with Gasteiger partial charge in [-0.25, -0.2) is 9.18 Å². The Labute approximate surface area is 214 Å². The van der Waals surface area contributed by atoms with Gasteiger partial charge in [-0.1, -0.05) is 40.3 Å². The maximum absolute atomic E-state index is 15.1. The minimum atomic E-state index is -1.62. The van der Waals surface area contributed by atoms with E-state index in [4.69, 9.17) is 32.7 Å². The van der Waals surface area contributed by atoms with E-state index >= 15 is 4.39 Å². The number of likely N-dealkylation sites (tertiary alicyclic amines) is 1. The van der Waals surface area contributed by atoms with E-state index < -0.39 is 33.6 Å².